The summed E-state index contributed by atoms with van der Waals surface area (Å²) in [4.78, 5) is 12.4. The van der Waals surface area contributed by atoms with Gasteiger partial charge in [0.05, 0.1) is 6.33 Å². The molecule has 0 saturated heterocycles. The van der Waals surface area contributed by atoms with E-state index in [2.05, 4.69) is 28.8 Å². The van der Waals surface area contributed by atoms with E-state index in [0.717, 1.165) is 44.2 Å². The van der Waals surface area contributed by atoms with E-state index in [0.29, 0.717) is 11.3 Å². The van der Waals surface area contributed by atoms with Gasteiger partial charge in [0, 0.05) is 19.8 Å². The second kappa shape index (κ2) is 7.19. The topological polar surface area (TPSA) is 78.9 Å². The largest absolute Gasteiger partial charge is 0.382 e. The fourth-order valence-corrected chi connectivity index (χ4v) is 2.10. The van der Waals surface area contributed by atoms with Crippen LogP contribution in [0, 0.1) is 5.92 Å². The third-order valence-corrected chi connectivity index (χ3v) is 3.19. The molecule has 0 saturated carbocycles. The molecule has 2 heterocycles. The zero-order valence-electron chi connectivity index (χ0n) is 12.2. The van der Waals surface area contributed by atoms with Gasteiger partial charge in [-0.1, -0.05) is 13.8 Å². The molecule has 0 unspecified atom stereocenters. The quantitative estimate of drug-likeness (QED) is 0.749. The highest BCUT2D eigenvalue weighted by Gasteiger charge is 2.06. The number of imidazole rings is 1. The van der Waals surface area contributed by atoms with Crippen LogP contribution >= 0.6 is 0 Å². The minimum Gasteiger partial charge on any atom is -0.382 e. The molecule has 2 aromatic rings. The van der Waals surface area contributed by atoms with E-state index in [1.54, 1.807) is 6.33 Å². The highest BCUT2D eigenvalue weighted by atomic mass is 16.5. The van der Waals surface area contributed by atoms with Crippen molar-refractivity contribution in [1.29, 1.82) is 0 Å². The van der Waals surface area contributed by atoms with E-state index in [1.165, 1.54) is 12.7 Å². The molecule has 0 aliphatic heterocycles. The van der Waals surface area contributed by atoms with Crippen molar-refractivity contribution in [3.8, 4) is 0 Å². The minimum atomic E-state index is 0.429. The summed E-state index contributed by atoms with van der Waals surface area (Å²) in [5, 5.41) is 0. The van der Waals surface area contributed by atoms with Crippen LogP contribution < -0.4 is 5.73 Å². The molecule has 0 aliphatic carbocycles. The van der Waals surface area contributed by atoms with Gasteiger partial charge in [-0.2, -0.15) is 0 Å². The first-order chi connectivity index (χ1) is 9.68. The van der Waals surface area contributed by atoms with Crippen LogP contribution in [0.15, 0.2) is 12.7 Å². The number of fused-ring (bicyclic) bond motifs is 1. The lowest BCUT2D eigenvalue weighted by atomic mass is 10.1. The third-order valence-electron chi connectivity index (χ3n) is 3.19. The molecule has 6 heteroatoms. The minimum absolute atomic E-state index is 0.429. The summed E-state index contributed by atoms with van der Waals surface area (Å²) in [6.45, 7) is 6.91. The van der Waals surface area contributed by atoms with Crippen LogP contribution in [-0.2, 0) is 11.3 Å². The van der Waals surface area contributed by atoms with Crippen molar-refractivity contribution in [3.05, 3.63) is 12.7 Å². The fraction of sp³-hybridized carbons (Fsp3) is 0.643. The van der Waals surface area contributed by atoms with Crippen molar-refractivity contribution in [2.75, 3.05) is 18.9 Å². The zero-order valence-corrected chi connectivity index (χ0v) is 12.2. The number of aryl methyl sites for hydroxylation is 1. The molecule has 0 aromatic carbocycles. The number of rotatable bonds is 8. The Hall–Kier alpha value is -1.69. The first-order valence-corrected chi connectivity index (χ1v) is 7.17. The van der Waals surface area contributed by atoms with Crippen LogP contribution in [0.25, 0.3) is 11.2 Å². The first-order valence-electron chi connectivity index (χ1n) is 7.17. The van der Waals surface area contributed by atoms with Crippen LogP contribution in [0.4, 0.5) is 5.82 Å². The summed E-state index contributed by atoms with van der Waals surface area (Å²) in [7, 11) is 0. The van der Waals surface area contributed by atoms with Crippen molar-refractivity contribution in [2.45, 2.75) is 39.7 Å². The molecule has 2 N–H and O–H groups in total. The van der Waals surface area contributed by atoms with Crippen molar-refractivity contribution in [3.63, 3.8) is 0 Å². The molecular weight excluding hydrogens is 254 g/mol. The lowest BCUT2D eigenvalue weighted by Gasteiger charge is -2.07. The Labute approximate surface area is 119 Å². The number of nitrogens with two attached hydrogens (primary N) is 1. The number of hydrogen-bond donors (Lipinski definition) is 1. The van der Waals surface area contributed by atoms with E-state index < -0.39 is 0 Å². The summed E-state index contributed by atoms with van der Waals surface area (Å²) >= 11 is 0. The maximum absolute atomic E-state index is 5.75. The molecule has 0 bridgehead atoms. The van der Waals surface area contributed by atoms with Crippen molar-refractivity contribution < 1.29 is 4.74 Å². The zero-order chi connectivity index (χ0) is 14.4. The number of hydrogen-bond acceptors (Lipinski definition) is 5. The van der Waals surface area contributed by atoms with Crippen molar-refractivity contribution >= 4 is 17.0 Å². The molecule has 0 amide bonds. The number of nitrogen functional groups attached to an aromatic ring is 1. The Morgan fingerprint density at radius 1 is 1.20 bits per heavy atom. The van der Waals surface area contributed by atoms with Crippen LogP contribution in [0.5, 0.6) is 0 Å². The second-order valence-corrected chi connectivity index (χ2v) is 5.37. The van der Waals surface area contributed by atoms with Crippen LogP contribution in [0.3, 0.4) is 0 Å². The Morgan fingerprint density at radius 3 is 2.80 bits per heavy atom. The Kier molecular flexibility index (Phi) is 5.29. The van der Waals surface area contributed by atoms with Crippen LogP contribution in [0.2, 0.25) is 0 Å². The predicted octanol–water partition coefficient (Wildman–Crippen LogP) is 2.25. The van der Waals surface area contributed by atoms with Crippen molar-refractivity contribution in [2.24, 2.45) is 5.92 Å². The van der Waals surface area contributed by atoms with E-state index in [9.17, 15) is 0 Å². The lowest BCUT2D eigenvalue weighted by molar-refractivity contribution is 0.123. The van der Waals surface area contributed by atoms with Gasteiger partial charge in [-0.05, 0) is 25.2 Å². The third kappa shape index (κ3) is 3.90. The summed E-state index contributed by atoms with van der Waals surface area (Å²) in [6.07, 6.45) is 6.53. The molecule has 0 radical (unpaired) electrons. The molecule has 2 rings (SSSR count). The first kappa shape index (κ1) is 14.7. The molecule has 110 valence electrons. The van der Waals surface area contributed by atoms with Gasteiger partial charge in [0.1, 0.15) is 11.8 Å². The van der Waals surface area contributed by atoms with Gasteiger partial charge in [0.25, 0.3) is 0 Å². The Bertz CT molecular complexity index is 537. The van der Waals surface area contributed by atoms with E-state index in [1.807, 2.05) is 4.57 Å². The Balaban J connectivity index is 1.72. The van der Waals surface area contributed by atoms with Crippen LogP contribution in [-0.4, -0.2) is 32.7 Å². The molecule has 6 nitrogen and oxygen atoms in total. The number of ether oxygens (including phenoxy) is 1. The standard InChI is InChI=1S/C14H23N5O/c1-11(2)5-3-7-20-8-4-6-19-10-18-12-13(15)16-9-17-14(12)19/h9-11H,3-8H2,1-2H3,(H2,15,16,17). The monoisotopic (exact) mass is 277 g/mol. The van der Waals surface area contributed by atoms with Gasteiger partial charge < -0.3 is 15.0 Å². The predicted molar refractivity (Wildman–Crippen MR) is 79.2 cm³/mol. The fourth-order valence-electron chi connectivity index (χ4n) is 2.10. The van der Waals surface area contributed by atoms with Gasteiger partial charge >= 0.3 is 0 Å². The number of anilines is 1. The highest BCUT2D eigenvalue weighted by molar-refractivity contribution is 5.80. The van der Waals surface area contributed by atoms with E-state index >= 15 is 0 Å². The number of aromatic nitrogens is 4. The van der Waals surface area contributed by atoms with Gasteiger partial charge in [0.2, 0.25) is 0 Å². The molecule has 0 fully saturated rings. The second-order valence-electron chi connectivity index (χ2n) is 5.37. The molecule has 20 heavy (non-hydrogen) atoms. The normalized spacial score (nSPS) is 11.6. The SMILES string of the molecule is CC(C)CCCOCCCn1cnc2c(N)ncnc21. The average molecular weight is 277 g/mol. The number of nitrogens with zero attached hydrogens (tertiary/aromatic N) is 4. The summed E-state index contributed by atoms with van der Waals surface area (Å²) in [6, 6.07) is 0. The van der Waals surface area contributed by atoms with Crippen molar-refractivity contribution in [1.82, 2.24) is 19.5 Å². The molecule has 0 atom stereocenters. The highest BCUT2D eigenvalue weighted by Crippen LogP contribution is 2.14. The van der Waals surface area contributed by atoms with Crippen LogP contribution in [0.1, 0.15) is 33.1 Å². The van der Waals surface area contributed by atoms with Gasteiger partial charge in [-0.3, -0.25) is 0 Å². The maximum atomic E-state index is 5.75. The van der Waals surface area contributed by atoms with E-state index in [4.69, 9.17) is 10.5 Å². The smallest absolute Gasteiger partial charge is 0.165 e. The maximum Gasteiger partial charge on any atom is 0.165 e. The molecular formula is C14H23N5O. The lowest BCUT2D eigenvalue weighted by Crippen LogP contribution is -2.04. The summed E-state index contributed by atoms with van der Waals surface area (Å²) in [5.41, 5.74) is 7.21. The average Bonchev–Trinajstić information content (AvgIpc) is 2.82. The summed E-state index contributed by atoms with van der Waals surface area (Å²) < 4.78 is 7.62. The molecule has 0 spiro atoms. The Morgan fingerprint density at radius 2 is 2.00 bits per heavy atom. The molecule has 0 aliphatic rings. The van der Waals surface area contributed by atoms with E-state index in [-0.39, 0.29) is 0 Å². The molecule has 2 aromatic heterocycles. The van der Waals surface area contributed by atoms with Gasteiger partial charge in [-0.15, -0.1) is 0 Å². The van der Waals surface area contributed by atoms with Gasteiger partial charge in [-0.25, -0.2) is 15.0 Å². The van der Waals surface area contributed by atoms with Gasteiger partial charge in [0.15, 0.2) is 11.5 Å². The summed E-state index contributed by atoms with van der Waals surface area (Å²) in [5.74, 6) is 1.18.